The van der Waals surface area contributed by atoms with Crippen molar-refractivity contribution < 1.29 is 9.53 Å². The summed E-state index contributed by atoms with van der Waals surface area (Å²) in [5, 5.41) is 0. The first kappa shape index (κ1) is 9.20. The molecule has 0 aromatic heterocycles. The summed E-state index contributed by atoms with van der Waals surface area (Å²) in [6, 6.07) is 0. The van der Waals surface area contributed by atoms with Crippen LogP contribution in [0.3, 0.4) is 0 Å². The number of carbonyl (C=O) groups is 1. The number of rotatable bonds is 4. The van der Waals surface area contributed by atoms with E-state index in [1.165, 1.54) is 12.8 Å². The first-order valence-corrected chi connectivity index (χ1v) is 5.38. The highest BCUT2D eigenvalue weighted by atomic mass is 16.5. The lowest BCUT2D eigenvalue weighted by atomic mass is 9.93. The highest BCUT2D eigenvalue weighted by Gasteiger charge is 2.37. The largest absolute Gasteiger partial charge is 0.368 e. The second kappa shape index (κ2) is 3.41. The van der Waals surface area contributed by atoms with E-state index in [0.29, 0.717) is 5.78 Å². The third-order valence-corrected chi connectivity index (χ3v) is 3.29. The molecule has 0 bridgehead atoms. The minimum atomic E-state index is -0.422. The summed E-state index contributed by atoms with van der Waals surface area (Å²) in [4.78, 5) is 11.8. The van der Waals surface area contributed by atoms with Gasteiger partial charge in [-0.3, -0.25) is 4.79 Å². The summed E-state index contributed by atoms with van der Waals surface area (Å²) >= 11 is 0. The molecule has 0 aromatic carbocycles. The van der Waals surface area contributed by atoms with Gasteiger partial charge in [-0.15, -0.1) is 0 Å². The first-order valence-electron chi connectivity index (χ1n) is 5.38. The van der Waals surface area contributed by atoms with Gasteiger partial charge in [0.25, 0.3) is 0 Å². The average molecular weight is 182 g/mol. The number of ether oxygens (including phenoxy) is 1. The number of ketones is 1. The quantitative estimate of drug-likeness (QED) is 0.667. The second-order valence-electron chi connectivity index (χ2n) is 4.59. The van der Waals surface area contributed by atoms with Gasteiger partial charge in [-0.1, -0.05) is 12.8 Å². The summed E-state index contributed by atoms with van der Waals surface area (Å²) in [6.45, 7) is 2.72. The van der Waals surface area contributed by atoms with Crippen LogP contribution < -0.4 is 0 Å². The van der Waals surface area contributed by atoms with Gasteiger partial charge >= 0.3 is 0 Å². The zero-order valence-corrected chi connectivity index (χ0v) is 8.34. The third kappa shape index (κ3) is 2.11. The van der Waals surface area contributed by atoms with E-state index < -0.39 is 5.60 Å². The molecule has 2 rings (SSSR count). The molecule has 13 heavy (non-hydrogen) atoms. The number of hydrogen-bond acceptors (Lipinski definition) is 2. The SMILES string of the molecule is CC1(C(=O)CCC2CC2)CCCO1. The van der Waals surface area contributed by atoms with Crippen LogP contribution in [0.1, 0.15) is 45.4 Å². The Labute approximate surface area is 79.7 Å². The molecule has 1 aliphatic carbocycles. The molecule has 74 valence electrons. The minimum Gasteiger partial charge on any atom is -0.368 e. The Bertz CT molecular complexity index is 200. The lowest BCUT2D eigenvalue weighted by molar-refractivity contribution is -0.137. The van der Waals surface area contributed by atoms with E-state index in [2.05, 4.69) is 0 Å². The molecular weight excluding hydrogens is 164 g/mol. The van der Waals surface area contributed by atoms with Crippen molar-refractivity contribution in [3.8, 4) is 0 Å². The van der Waals surface area contributed by atoms with E-state index in [1.807, 2.05) is 6.92 Å². The van der Waals surface area contributed by atoms with E-state index in [0.717, 1.165) is 38.2 Å². The van der Waals surface area contributed by atoms with Gasteiger partial charge in [0.2, 0.25) is 0 Å². The van der Waals surface area contributed by atoms with E-state index in [9.17, 15) is 4.79 Å². The Balaban J connectivity index is 1.80. The Morgan fingerprint density at radius 1 is 1.54 bits per heavy atom. The van der Waals surface area contributed by atoms with E-state index in [4.69, 9.17) is 4.74 Å². The van der Waals surface area contributed by atoms with Gasteiger partial charge in [-0.05, 0) is 32.1 Å². The van der Waals surface area contributed by atoms with Gasteiger partial charge in [0.05, 0.1) is 0 Å². The van der Waals surface area contributed by atoms with Gasteiger partial charge in [0.15, 0.2) is 5.78 Å². The summed E-state index contributed by atoms with van der Waals surface area (Å²) in [5.41, 5.74) is -0.422. The van der Waals surface area contributed by atoms with Gasteiger partial charge in [0.1, 0.15) is 5.60 Å². The molecule has 0 amide bonds. The van der Waals surface area contributed by atoms with Crippen LogP contribution in [0.25, 0.3) is 0 Å². The summed E-state index contributed by atoms with van der Waals surface area (Å²) in [7, 11) is 0. The van der Waals surface area contributed by atoms with Crippen molar-refractivity contribution in [3.63, 3.8) is 0 Å². The van der Waals surface area contributed by atoms with Crippen LogP contribution in [-0.4, -0.2) is 18.0 Å². The van der Waals surface area contributed by atoms with Crippen LogP contribution >= 0.6 is 0 Å². The maximum absolute atomic E-state index is 11.8. The molecule has 0 spiro atoms. The van der Waals surface area contributed by atoms with E-state index >= 15 is 0 Å². The van der Waals surface area contributed by atoms with E-state index in [-0.39, 0.29) is 0 Å². The van der Waals surface area contributed by atoms with Crippen LogP contribution in [-0.2, 0) is 9.53 Å². The Hall–Kier alpha value is -0.370. The molecule has 1 atom stereocenters. The van der Waals surface area contributed by atoms with Crippen molar-refractivity contribution in [2.75, 3.05) is 6.61 Å². The molecule has 1 heterocycles. The van der Waals surface area contributed by atoms with Crippen LogP contribution in [0.4, 0.5) is 0 Å². The highest BCUT2D eigenvalue weighted by molar-refractivity contribution is 5.87. The fourth-order valence-electron chi connectivity index (χ4n) is 2.01. The van der Waals surface area contributed by atoms with Gasteiger partial charge in [-0.25, -0.2) is 0 Å². The molecule has 1 unspecified atom stereocenters. The standard InChI is InChI=1S/C11H18O2/c1-11(7-2-8-13-11)10(12)6-5-9-3-4-9/h9H,2-8H2,1H3. The van der Waals surface area contributed by atoms with E-state index in [1.54, 1.807) is 0 Å². The number of carbonyl (C=O) groups excluding carboxylic acids is 1. The summed E-state index contributed by atoms with van der Waals surface area (Å²) < 4.78 is 5.51. The maximum atomic E-state index is 11.8. The van der Waals surface area contributed by atoms with Crippen LogP contribution in [0.2, 0.25) is 0 Å². The first-order chi connectivity index (χ1) is 6.21. The zero-order chi connectivity index (χ0) is 9.31. The van der Waals surface area contributed by atoms with Crippen LogP contribution in [0.5, 0.6) is 0 Å². The Morgan fingerprint density at radius 2 is 2.31 bits per heavy atom. The predicted molar refractivity (Wildman–Crippen MR) is 50.6 cm³/mol. The lowest BCUT2D eigenvalue weighted by Gasteiger charge is -2.21. The fraction of sp³-hybridized carbons (Fsp3) is 0.909. The topological polar surface area (TPSA) is 26.3 Å². The molecule has 0 N–H and O–H groups in total. The maximum Gasteiger partial charge on any atom is 0.164 e. The van der Waals surface area contributed by atoms with Crippen molar-refractivity contribution in [2.24, 2.45) is 5.92 Å². The lowest BCUT2D eigenvalue weighted by Crippen LogP contribution is -2.34. The molecule has 0 aromatic rings. The average Bonchev–Trinajstić information content (AvgIpc) is 2.84. The van der Waals surface area contributed by atoms with Crippen LogP contribution in [0.15, 0.2) is 0 Å². The molecule has 1 saturated heterocycles. The molecule has 0 radical (unpaired) electrons. The fourth-order valence-corrected chi connectivity index (χ4v) is 2.01. The molecular formula is C11H18O2. The molecule has 2 nitrogen and oxygen atoms in total. The van der Waals surface area contributed by atoms with Crippen molar-refractivity contribution in [3.05, 3.63) is 0 Å². The molecule has 1 aliphatic heterocycles. The molecule has 2 heteroatoms. The van der Waals surface area contributed by atoms with Gasteiger partial charge in [0, 0.05) is 13.0 Å². The molecule has 1 saturated carbocycles. The highest BCUT2D eigenvalue weighted by Crippen LogP contribution is 2.35. The number of hydrogen-bond donors (Lipinski definition) is 0. The smallest absolute Gasteiger partial charge is 0.164 e. The number of Topliss-reactive ketones (excluding diaryl/α,β-unsaturated/α-hetero) is 1. The normalized spacial score (nSPS) is 33.6. The third-order valence-electron chi connectivity index (χ3n) is 3.29. The Morgan fingerprint density at radius 3 is 2.85 bits per heavy atom. The van der Waals surface area contributed by atoms with Crippen molar-refractivity contribution in [2.45, 2.75) is 51.0 Å². The molecule has 2 fully saturated rings. The second-order valence-corrected chi connectivity index (χ2v) is 4.59. The minimum absolute atomic E-state index is 0.330. The Kier molecular flexibility index (Phi) is 2.41. The predicted octanol–water partition coefficient (Wildman–Crippen LogP) is 2.31. The van der Waals surface area contributed by atoms with Gasteiger partial charge in [-0.2, -0.15) is 0 Å². The van der Waals surface area contributed by atoms with Crippen molar-refractivity contribution in [1.82, 2.24) is 0 Å². The summed E-state index contributed by atoms with van der Waals surface area (Å²) in [5.74, 6) is 1.19. The van der Waals surface area contributed by atoms with Gasteiger partial charge < -0.3 is 4.74 Å². The van der Waals surface area contributed by atoms with Crippen LogP contribution in [0, 0.1) is 5.92 Å². The molecule has 2 aliphatic rings. The summed E-state index contributed by atoms with van der Waals surface area (Å²) in [6.07, 6.45) is 6.48. The zero-order valence-electron chi connectivity index (χ0n) is 8.34. The monoisotopic (exact) mass is 182 g/mol. The van der Waals surface area contributed by atoms with Crippen molar-refractivity contribution in [1.29, 1.82) is 0 Å². The van der Waals surface area contributed by atoms with Crippen molar-refractivity contribution >= 4 is 5.78 Å².